The first-order chi connectivity index (χ1) is 33.6. The predicted molar refractivity (Wildman–Crippen MR) is 305 cm³/mol. The summed E-state index contributed by atoms with van der Waals surface area (Å²) in [6.07, 6.45) is 8.62. The van der Waals surface area contributed by atoms with Gasteiger partial charge in [0.1, 0.15) is 22.3 Å². The Balaban J connectivity index is 1.07. The van der Waals surface area contributed by atoms with Gasteiger partial charge >= 0.3 is 0 Å². The molecule has 0 aliphatic rings. The zero-order chi connectivity index (χ0) is 49.2. The van der Waals surface area contributed by atoms with Gasteiger partial charge in [0.15, 0.2) is 0 Å². The first kappa shape index (κ1) is 47.6. The third-order valence-corrected chi connectivity index (χ3v) is 17.7. The largest absolute Gasteiger partial charge is 0.456 e. The SMILES string of the molecule is CCCCC(C)(C)c1ccc2c(c1)oc1cc(N(c3ccc(C)cc3)C(C)(CCC)C(C)(CC)c3ccc4c(c3)oc3cc(N(c5ccc6sc7ccccc7c6c5)C(C)(C)CCC)ccc34)ccc12. The number of hydrogen-bond donors (Lipinski definition) is 0. The minimum atomic E-state index is -0.366. The molecule has 0 saturated carbocycles. The van der Waals surface area contributed by atoms with Crippen LogP contribution in [-0.2, 0) is 10.8 Å². The number of unbranched alkanes of at least 4 members (excludes halogenated alkanes) is 1. The lowest BCUT2D eigenvalue weighted by molar-refractivity contribution is 0.228. The number of hydrogen-bond acceptors (Lipinski definition) is 5. The van der Waals surface area contributed by atoms with Crippen molar-refractivity contribution in [3.8, 4) is 0 Å². The van der Waals surface area contributed by atoms with Crippen LogP contribution in [0.2, 0.25) is 0 Å². The molecule has 10 rings (SSSR count). The van der Waals surface area contributed by atoms with Crippen LogP contribution in [0.25, 0.3) is 64.0 Å². The first-order valence-corrected chi connectivity index (χ1v) is 27.0. The number of rotatable bonds is 17. The smallest absolute Gasteiger partial charge is 0.137 e. The van der Waals surface area contributed by atoms with Crippen LogP contribution in [0.5, 0.6) is 0 Å². The van der Waals surface area contributed by atoms with Crippen molar-refractivity contribution < 1.29 is 8.83 Å². The fourth-order valence-corrected chi connectivity index (χ4v) is 13.3. The zero-order valence-corrected chi connectivity index (χ0v) is 44.4. The van der Waals surface area contributed by atoms with Gasteiger partial charge in [0.05, 0.1) is 5.54 Å². The van der Waals surface area contributed by atoms with Crippen LogP contribution in [0.3, 0.4) is 0 Å². The van der Waals surface area contributed by atoms with Gasteiger partial charge in [0.25, 0.3) is 0 Å². The lowest BCUT2D eigenvalue weighted by Crippen LogP contribution is -2.58. The number of aryl methyl sites for hydroxylation is 1. The molecule has 0 saturated heterocycles. The second-order valence-corrected chi connectivity index (χ2v) is 23.1. The van der Waals surface area contributed by atoms with Crippen LogP contribution < -0.4 is 9.80 Å². The number of anilines is 4. The first-order valence-electron chi connectivity index (χ1n) is 26.1. The summed E-state index contributed by atoms with van der Waals surface area (Å²) in [5.74, 6) is 0. The molecule has 3 aromatic heterocycles. The predicted octanol–water partition coefficient (Wildman–Crippen LogP) is 20.4. The Labute approximate surface area is 420 Å². The van der Waals surface area contributed by atoms with Gasteiger partial charge in [-0.2, -0.15) is 0 Å². The van der Waals surface area contributed by atoms with Crippen LogP contribution in [0.15, 0.2) is 148 Å². The highest BCUT2D eigenvalue weighted by atomic mass is 32.1. The maximum atomic E-state index is 7.04. The molecule has 5 heteroatoms. The van der Waals surface area contributed by atoms with Crippen molar-refractivity contribution >= 4 is 98.1 Å². The van der Waals surface area contributed by atoms with Crippen LogP contribution in [-0.4, -0.2) is 11.1 Å². The quantitative estimate of drug-likeness (QED) is 0.0911. The van der Waals surface area contributed by atoms with Gasteiger partial charge < -0.3 is 18.6 Å². The summed E-state index contributed by atoms with van der Waals surface area (Å²) in [6.45, 7) is 25.9. The maximum absolute atomic E-state index is 7.04. The molecular weight excluding hydrogens is 873 g/mol. The highest BCUT2D eigenvalue weighted by molar-refractivity contribution is 7.25. The normalized spacial score (nSPS) is 14.3. The van der Waals surface area contributed by atoms with E-state index in [2.05, 4.69) is 225 Å². The van der Waals surface area contributed by atoms with Gasteiger partial charge in [-0.3, -0.25) is 0 Å². The molecule has 0 spiro atoms. The fourth-order valence-electron chi connectivity index (χ4n) is 12.2. The fraction of sp³-hybridized carbons (Fsp3) is 0.354. The van der Waals surface area contributed by atoms with Crippen molar-refractivity contribution in [3.05, 3.63) is 156 Å². The highest BCUT2D eigenvalue weighted by Gasteiger charge is 2.49. The average molecular weight is 945 g/mol. The molecule has 0 fully saturated rings. The summed E-state index contributed by atoms with van der Waals surface area (Å²) >= 11 is 1.87. The van der Waals surface area contributed by atoms with E-state index in [0.29, 0.717) is 0 Å². The Kier molecular flexibility index (Phi) is 12.4. The number of fused-ring (bicyclic) bond motifs is 9. The Morgan fingerprint density at radius 1 is 0.443 bits per heavy atom. The number of furan rings is 2. The van der Waals surface area contributed by atoms with E-state index in [0.717, 1.165) is 88.4 Å². The Morgan fingerprint density at radius 3 is 1.57 bits per heavy atom. The molecule has 7 aromatic carbocycles. The van der Waals surface area contributed by atoms with E-state index >= 15 is 0 Å². The molecule has 0 N–H and O–H groups in total. The van der Waals surface area contributed by atoms with E-state index < -0.39 is 0 Å². The van der Waals surface area contributed by atoms with Crippen molar-refractivity contribution in [1.82, 2.24) is 0 Å². The van der Waals surface area contributed by atoms with Crippen LogP contribution in [0.4, 0.5) is 22.7 Å². The maximum Gasteiger partial charge on any atom is 0.137 e. The third-order valence-electron chi connectivity index (χ3n) is 16.5. The van der Waals surface area contributed by atoms with Gasteiger partial charge in [-0.05, 0) is 143 Å². The van der Waals surface area contributed by atoms with Gasteiger partial charge in [0.2, 0.25) is 0 Å². The zero-order valence-electron chi connectivity index (χ0n) is 43.6. The summed E-state index contributed by atoms with van der Waals surface area (Å²) in [6, 6.07) is 52.7. The van der Waals surface area contributed by atoms with Crippen molar-refractivity contribution in [2.45, 2.75) is 149 Å². The lowest BCUT2D eigenvalue weighted by Gasteiger charge is -2.54. The molecule has 3 heterocycles. The molecule has 2 atom stereocenters. The monoisotopic (exact) mass is 945 g/mol. The van der Waals surface area contributed by atoms with E-state index in [4.69, 9.17) is 8.83 Å². The summed E-state index contributed by atoms with van der Waals surface area (Å²) in [7, 11) is 0. The summed E-state index contributed by atoms with van der Waals surface area (Å²) < 4.78 is 16.5. The molecule has 70 heavy (non-hydrogen) atoms. The van der Waals surface area contributed by atoms with Gasteiger partial charge in [0, 0.05) is 87.6 Å². The van der Waals surface area contributed by atoms with Gasteiger partial charge in [-0.1, -0.05) is 134 Å². The summed E-state index contributed by atoms with van der Waals surface area (Å²) in [5, 5.41) is 7.25. The number of nitrogens with zero attached hydrogens (tertiary/aromatic N) is 2. The molecular formula is C65H72N2O2S. The molecule has 0 aliphatic carbocycles. The van der Waals surface area contributed by atoms with Crippen LogP contribution >= 0.6 is 11.3 Å². The number of benzene rings is 7. The summed E-state index contributed by atoms with van der Waals surface area (Å²) in [5.41, 5.74) is 11.5. The van der Waals surface area contributed by atoms with E-state index in [1.165, 1.54) is 66.5 Å². The average Bonchev–Trinajstić information content (AvgIpc) is 4.03. The number of thiophene rings is 1. The van der Waals surface area contributed by atoms with Crippen molar-refractivity contribution in [3.63, 3.8) is 0 Å². The Bertz CT molecular complexity index is 3510. The molecule has 4 nitrogen and oxygen atoms in total. The molecule has 360 valence electrons. The van der Waals surface area contributed by atoms with E-state index in [-0.39, 0.29) is 21.9 Å². The van der Waals surface area contributed by atoms with Crippen molar-refractivity contribution in [2.24, 2.45) is 0 Å². The molecule has 0 bridgehead atoms. The standard InChI is InChI=1S/C65H72N2O2S/c1-12-16-37-62(6,7)44-23-30-50-53-33-28-49(42-59(53)68-56(50)38-44)67(46-25-21-43(5)22-26-46)65(11,36-14-3)64(10,15-4)45-24-31-51-52-32-27-48(41-58(52)69-57(51)39-45)66(63(8,9)35-13-2)47-29-34-61-55(40-47)54-19-17-18-20-60(54)70-61/h17-34,38-42H,12-16,35-37H2,1-11H3. The van der Waals surface area contributed by atoms with E-state index in [9.17, 15) is 0 Å². The van der Waals surface area contributed by atoms with E-state index in [1.54, 1.807) is 0 Å². The van der Waals surface area contributed by atoms with Gasteiger partial charge in [-0.15, -0.1) is 11.3 Å². The third kappa shape index (κ3) is 8.07. The Morgan fingerprint density at radius 2 is 0.957 bits per heavy atom. The Hall–Kier alpha value is -6.04. The molecule has 0 amide bonds. The molecule has 10 aromatic rings. The summed E-state index contributed by atoms with van der Waals surface area (Å²) in [4.78, 5) is 5.17. The second-order valence-electron chi connectivity index (χ2n) is 22.0. The molecule has 0 aliphatic heterocycles. The minimum absolute atomic E-state index is 0.0838. The molecule has 2 unspecified atom stereocenters. The second kappa shape index (κ2) is 18.3. The topological polar surface area (TPSA) is 32.8 Å². The lowest BCUT2D eigenvalue weighted by atomic mass is 9.62. The van der Waals surface area contributed by atoms with E-state index in [1.807, 2.05) is 11.3 Å². The van der Waals surface area contributed by atoms with Crippen molar-refractivity contribution in [1.29, 1.82) is 0 Å². The molecule has 0 radical (unpaired) electrons. The van der Waals surface area contributed by atoms with Crippen molar-refractivity contribution in [2.75, 3.05) is 9.80 Å². The van der Waals surface area contributed by atoms with Gasteiger partial charge in [-0.25, -0.2) is 0 Å². The van der Waals surface area contributed by atoms with Crippen LogP contribution in [0, 0.1) is 6.92 Å². The highest BCUT2D eigenvalue weighted by Crippen LogP contribution is 2.52. The minimum Gasteiger partial charge on any atom is -0.456 e. The van der Waals surface area contributed by atoms with Crippen LogP contribution in [0.1, 0.15) is 137 Å².